The van der Waals surface area contributed by atoms with Crippen molar-refractivity contribution in [3.05, 3.63) is 35.4 Å². The Kier molecular flexibility index (Phi) is 3.38. The molecule has 1 aromatic carbocycles. The highest BCUT2D eigenvalue weighted by molar-refractivity contribution is 5.94. The first-order valence-corrected chi connectivity index (χ1v) is 5.51. The second kappa shape index (κ2) is 4.79. The molecule has 0 aromatic heterocycles. The number of halogens is 2. The molecular weight excluding hydrogens is 226 g/mol. The molecule has 0 bridgehead atoms. The molecule has 2 rings (SSSR count). The van der Waals surface area contributed by atoms with Gasteiger partial charge in [0.2, 0.25) is 0 Å². The maximum Gasteiger partial charge on any atom is 0.257 e. The molecule has 1 heterocycles. The third kappa shape index (κ3) is 2.44. The van der Waals surface area contributed by atoms with Crippen molar-refractivity contribution in [1.82, 2.24) is 9.80 Å². The summed E-state index contributed by atoms with van der Waals surface area (Å²) in [7, 11) is 1.96. The third-order valence-corrected chi connectivity index (χ3v) is 2.97. The molecule has 0 spiro atoms. The molecule has 0 atom stereocenters. The SMILES string of the molecule is CN1CCN(C(=O)c2cccc(F)c2F)CC1. The van der Waals surface area contributed by atoms with Crippen LogP contribution in [0.4, 0.5) is 8.78 Å². The van der Waals surface area contributed by atoms with E-state index in [4.69, 9.17) is 0 Å². The number of likely N-dealkylation sites (N-methyl/N-ethyl adjacent to an activating group) is 1. The van der Waals surface area contributed by atoms with E-state index in [1.54, 1.807) is 4.90 Å². The van der Waals surface area contributed by atoms with Crippen LogP contribution in [-0.4, -0.2) is 48.9 Å². The van der Waals surface area contributed by atoms with E-state index in [-0.39, 0.29) is 5.56 Å². The van der Waals surface area contributed by atoms with Crippen LogP contribution in [0.15, 0.2) is 18.2 Å². The molecule has 17 heavy (non-hydrogen) atoms. The topological polar surface area (TPSA) is 23.6 Å². The summed E-state index contributed by atoms with van der Waals surface area (Å²) in [6.07, 6.45) is 0. The number of piperazine rings is 1. The Morgan fingerprint density at radius 2 is 1.82 bits per heavy atom. The molecule has 1 fully saturated rings. The fourth-order valence-corrected chi connectivity index (χ4v) is 1.85. The number of benzene rings is 1. The molecule has 1 aliphatic rings. The van der Waals surface area contributed by atoms with Crippen molar-refractivity contribution in [3.8, 4) is 0 Å². The maximum atomic E-state index is 13.5. The van der Waals surface area contributed by atoms with Gasteiger partial charge in [0.05, 0.1) is 5.56 Å². The van der Waals surface area contributed by atoms with Crippen LogP contribution in [0.1, 0.15) is 10.4 Å². The van der Waals surface area contributed by atoms with E-state index in [1.807, 2.05) is 7.05 Å². The first kappa shape index (κ1) is 12.0. The van der Waals surface area contributed by atoms with Crippen LogP contribution >= 0.6 is 0 Å². The van der Waals surface area contributed by atoms with Crippen molar-refractivity contribution >= 4 is 5.91 Å². The van der Waals surface area contributed by atoms with E-state index < -0.39 is 17.5 Å². The minimum Gasteiger partial charge on any atom is -0.336 e. The lowest BCUT2D eigenvalue weighted by atomic mass is 10.1. The van der Waals surface area contributed by atoms with Gasteiger partial charge < -0.3 is 9.80 Å². The van der Waals surface area contributed by atoms with E-state index in [0.717, 1.165) is 19.2 Å². The standard InChI is InChI=1S/C12H14F2N2O/c1-15-5-7-16(8-6-15)12(17)9-3-2-4-10(13)11(9)14/h2-4H,5-8H2,1H3. The predicted molar refractivity (Wildman–Crippen MR) is 59.8 cm³/mol. The molecule has 0 aliphatic carbocycles. The van der Waals surface area contributed by atoms with Gasteiger partial charge in [0.15, 0.2) is 11.6 Å². The Morgan fingerprint density at radius 3 is 2.47 bits per heavy atom. The summed E-state index contributed by atoms with van der Waals surface area (Å²) in [5, 5.41) is 0. The molecule has 1 saturated heterocycles. The van der Waals surface area contributed by atoms with Gasteiger partial charge in [-0.05, 0) is 19.2 Å². The molecular formula is C12H14F2N2O. The first-order chi connectivity index (χ1) is 8.09. The van der Waals surface area contributed by atoms with Gasteiger partial charge in [-0.2, -0.15) is 0 Å². The highest BCUT2D eigenvalue weighted by atomic mass is 19.2. The van der Waals surface area contributed by atoms with Gasteiger partial charge in [0.25, 0.3) is 5.91 Å². The Morgan fingerprint density at radius 1 is 1.18 bits per heavy atom. The highest BCUT2D eigenvalue weighted by Crippen LogP contribution is 2.14. The monoisotopic (exact) mass is 240 g/mol. The zero-order valence-electron chi connectivity index (χ0n) is 9.62. The number of amides is 1. The minimum atomic E-state index is -1.06. The molecule has 0 unspecified atom stereocenters. The van der Waals surface area contributed by atoms with Crippen LogP contribution in [0, 0.1) is 11.6 Å². The summed E-state index contributed by atoms with van der Waals surface area (Å²) in [5.41, 5.74) is -0.186. The van der Waals surface area contributed by atoms with Crippen LogP contribution in [-0.2, 0) is 0 Å². The van der Waals surface area contributed by atoms with Gasteiger partial charge in [0, 0.05) is 26.2 Å². The summed E-state index contributed by atoms with van der Waals surface area (Å²) >= 11 is 0. The average molecular weight is 240 g/mol. The molecule has 5 heteroatoms. The quantitative estimate of drug-likeness (QED) is 0.740. The van der Waals surface area contributed by atoms with Gasteiger partial charge in [0.1, 0.15) is 0 Å². The molecule has 3 nitrogen and oxygen atoms in total. The second-order valence-corrected chi connectivity index (χ2v) is 4.20. The molecule has 0 radical (unpaired) electrons. The molecule has 1 aromatic rings. The van der Waals surface area contributed by atoms with Gasteiger partial charge in [-0.25, -0.2) is 8.78 Å². The Hall–Kier alpha value is -1.49. The smallest absolute Gasteiger partial charge is 0.257 e. The highest BCUT2D eigenvalue weighted by Gasteiger charge is 2.23. The number of nitrogens with zero attached hydrogens (tertiary/aromatic N) is 2. The Labute approximate surface area is 98.6 Å². The lowest BCUT2D eigenvalue weighted by Gasteiger charge is -2.32. The second-order valence-electron chi connectivity index (χ2n) is 4.20. The molecule has 92 valence electrons. The predicted octanol–water partition coefficient (Wildman–Crippen LogP) is 1.35. The molecule has 0 saturated carbocycles. The normalized spacial score (nSPS) is 17.2. The van der Waals surface area contributed by atoms with Crippen molar-refractivity contribution in [3.63, 3.8) is 0 Å². The van der Waals surface area contributed by atoms with Crippen LogP contribution in [0.2, 0.25) is 0 Å². The zero-order chi connectivity index (χ0) is 12.4. The zero-order valence-corrected chi connectivity index (χ0v) is 9.62. The fourth-order valence-electron chi connectivity index (χ4n) is 1.85. The number of hydrogen-bond donors (Lipinski definition) is 0. The van der Waals surface area contributed by atoms with E-state index in [9.17, 15) is 13.6 Å². The van der Waals surface area contributed by atoms with E-state index in [0.29, 0.717) is 13.1 Å². The fraction of sp³-hybridized carbons (Fsp3) is 0.417. The molecule has 0 N–H and O–H groups in total. The summed E-state index contributed by atoms with van der Waals surface area (Å²) in [4.78, 5) is 15.6. The number of rotatable bonds is 1. The lowest BCUT2D eigenvalue weighted by Crippen LogP contribution is -2.47. The molecule has 1 amide bonds. The van der Waals surface area contributed by atoms with Gasteiger partial charge in [-0.15, -0.1) is 0 Å². The Bertz CT molecular complexity index is 429. The van der Waals surface area contributed by atoms with Gasteiger partial charge in [-0.1, -0.05) is 6.07 Å². The Balaban J connectivity index is 2.17. The van der Waals surface area contributed by atoms with Crippen molar-refractivity contribution in [2.45, 2.75) is 0 Å². The summed E-state index contributed by atoms with van der Waals surface area (Å²) < 4.78 is 26.5. The summed E-state index contributed by atoms with van der Waals surface area (Å²) in [6, 6.07) is 3.68. The van der Waals surface area contributed by atoms with Crippen LogP contribution in [0.5, 0.6) is 0 Å². The van der Waals surface area contributed by atoms with Crippen molar-refractivity contribution in [1.29, 1.82) is 0 Å². The van der Waals surface area contributed by atoms with E-state index in [2.05, 4.69) is 4.90 Å². The van der Waals surface area contributed by atoms with Gasteiger partial charge in [-0.3, -0.25) is 4.79 Å². The van der Waals surface area contributed by atoms with Crippen molar-refractivity contribution in [2.24, 2.45) is 0 Å². The number of carbonyl (C=O) groups excluding carboxylic acids is 1. The first-order valence-electron chi connectivity index (χ1n) is 5.51. The average Bonchev–Trinajstić information content (AvgIpc) is 2.33. The minimum absolute atomic E-state index is 0.186. The summed E-state index contributed by atoms with van der Waals surface area (Å²) in [6.45, 7) is 2.60. The van der Waals surface area contributed by atoms with Crippen molar-refractivity contribution < 1.29 is 13.6 Å². The summed E-state index contributed by atoms with van der Waals surface area (Å²) in [5.74, 6) is -2.48. The van der Waals surface area contributed by atoms with Crippen molar-refractivity contribution in [2.75, 3.05) is 33.2 Å². The number of carbonyl (C=O) groups is 1. The van der Waals surface area contributed by atoms with Crippen LogP contribution in [0.25, 0.3) is 0 Å². The van der Waals surface area contributed by atoms with Gasteiger partial charge >= 0.3 is 0 Å². The van der Waals surface area contributed by atoms with E-state index >= 15 is 0 Å². The molecule has 1 aliphatic heterocycles. The third-order valence-electron chi connectivity index (χ3n) is 2.97. The van der Waals surface area contributed by atoms with E-state index in [1.165, 1.54) is 12.1 Å². The van der Waals surface area contributed by atoms with Crippen LogP contribution < -0.4 is 0 Å². The maximum absolute atomic E-state index is 13.5. The number of hydrogen-bond acceptors (Lipinski definition) is 2. The largest absolute Gasteiger partial charge is 0.336 e. The van der Waals surface area contributed by atoms with Crippen LogP contribution in [0.3, 0.4) is 0 Å². The lowest BCUT2D eigenvalue weighted by molar-refractivity contribution is 0.0658.